The average Bonchev–Trinajstić information content (AvgIpc) is 2.53. The molecule has 0 bridgehead atoms. The molecule has 0 radical (unpaired) electrons. The number of nitrogens with zero attached hydrogens (tertiary/aromatic N) is 3. The predicted octanol–water partition coefficient (Wildman–Crippen LogP) is 2.35. The zero-order valence-corrected chi connectivity index (χ0v) is 13.2. The van der Waals surface area contributed by atoms with Crippen LogP contribution in [-0.4, -0.2) is 12.8 Å². The summed E-state index contributed by atoms with van der Waals surface area (Å²) in [5.74, 6) is 0.0940. The first kappa shape index (κ1) is 15.9. The largest absolute Gasteiger partial charge is 0.383 e. The Labute approximate surface area is 136 Å². The highest BCUT2D eigenvalue weighted by molar-refractivity contribution is 7.80. The van der Waals surface area contributed by atoms with Gasteiger partial charge in [-0.25, -0.2) is 4.98 Å². The first-order chi connectivity index (χ1) is 10.6. The van der Waals surface area contributed by atoms with Gasteiger partial charge in [0.2, 0.25) is 0 Å². The summed E-state index contributed by atoms with van der Waals surface area (Å²) in [6.07, 6.45) is 3.29. The van der Waals surface area contributed by atoms with Gasteiger partial charge in [-0.3, -0.25) is 0 Å². The molecule has 0 aliphatic heterocycles. The first-order valence-corrected chi connectivity index (χ1v) is 7.49. The maximum absolute atomic E-state index is 9.35. The lowest BCUT2D eigenvalue weighted by molar-refractivity contribution is 0.919. The van der Waals surface area contributed by atoms with Gasteiger partial charge in [0.25, 0.3) is 0 Å². The molecule has 0 fully saturated rings. The molecule has 1 aromatic heterocycles. The Morgan fingerprint density at radius 3 is 2.32 bits per heavy atom. The van der Waals surface area contributed by atoms with Crippen molar-refractivity contribution in [1.82, 2.24) is 4.98 Å². The Bertz CT molecular complexity index is 734. The van der Waals surface area contributed by atoms with Gasteiger partial charge in [-0.2, -0.15) is 10.5 Å². The molecule has 1 heterocycles. The Balaban J connectivity index is 2.57. The number of aromatic nitrogens is 1. The van der Waals surface area contributed by atoms with Crippen molar-refractivity contribution in [2.45, 2.75) is 24.2 Å². The lowest BCUT2D eigenvalue weighted by Crippen LogP contribution is -2.02. The fraction of sp³-hybridized carbons (Fsp3) is 0.188. The van der Waals surface area contributed by atoms with Crippen LogP contribution in [0.3, 0.4) is 0 Å². The second kappa shape index (κ2) is 7.02. The van der Waals surface area contributed by atoms with E-state index in [2.05, 4.69) is 31.5 Å². The van der Waals surface area contributed by atoms with Gasteiger partial charge in [0.1, 0.15) is 36.4 Å². The molecule has 22 heavy (non-hydrogen) atoms. The molecule has 2 rings (SSSR count). The number of thiol groups is 1. The number of anilines is 1. The normalized spacial score (nSPS) is 9.95. The van der Waals surface area contributed by atoms with Crippen molar-refractivity contribution < 1.29 is 0 Å². The van der Waals surface area contributed by atoms with Crippen molar-refractivity contribution in [3.05, 3.63) is 41.0 Å². The van der Waals surface area contributed by atoms with E-state index in [9.17, 15) is 10.5 Å². The molecule has 0 aliphatic carbocycles. The van der Waals surface area contributed by atoms with Crippen LogP contribution in [0.15, 0.2) is 29.3 Å². The van der Waals surface area contributed by atoms with E-state index in [-0.39, 0.29) is 22.0 Å². The molecule has 0 saturated carbocycles. The Morgan fingerprint density at radius 2 is 1.77 bits per heavy atom. The molecule has 0 spiro atoms. The van der Waals surface area contributed by atoms with Crippen molar-refractivity contribution in [1.29, 1.82) is 10.5 Å². The van der Waals surface area contributed by atoms with Gasteiger partial charge >= 0.3 is 0 Å². The van der Waals surface area contributed by atoms with E-state index >= 15 is 0 Å². The number of nitriles is 2. The van der Waals surface area contributed by atoms with Crippen LogP contribution in [-0.2, 0) is 6.42 Å². The minimum Gasteiger partial charge on any atom is -0.383 e. The molecule has 0 aliphatic rings. The SMILES string of the molecule is BCCCc1ccc(-c2c(C#N)c(N)nc(S)c2C#N)cc1. The molecule has 0 unspecified atom stereocenters. The molecule has 2 aromatic rings. The molecule has 6 heteroatoms. The van der Waals surface area contributed by atoms with E-state index in [1.54, 1.807) is 0 Å². The predicted molar refractivity (Wildman–Crippen MR) is 92.4 cm³/mol. The molecule has 2 N–H and O–H groups in total. The number of rotatable bonds is 4. The van der Waals surface area contributed by atoms with Gasteiger partial charge < -0.3 is 5.73 Å². The van der Waals surface area contributed by atoms with Crippen LogP contribution >= 0.6 is 12.6 Å². The lowest BCUT2D eigenvalue weighted by atomic mass is 9.94. The third-order valence-corrected chi connectivity index (χ3v) is 3.81. The fourth-order valence-corrected chi connectivity index (χ4v) is 2.59. The van der Waals surface area contributed by atoms with Gasteiger partial charge in [0, 0.05) is 5.56 Å². The van der Waals surface area contributed by atoms with Crippen LogP contribution in [0.2, 0.25) is 6.32 Å². The lowest BCUT2D eigenvalue weighted by Gasteiger charge is -2.11. The van der Waals surface area contributed by atoms with Gasteiger partial charge in [-0.15, -0.1) is 12.6 Å². The van der Waals surface area contributed by atoms with Crippen molar-refractivity contribution in [2.75, 3.05) is 5.73 Å². The highest BCUT2D eigenvalue weighted by atomic mass is 32.1. The van der Waals surface area contributed by atoms with Crippen molar-refractivity contribution in [2.24, 2.45) is 0 Å². The average molecular weight is 306 g/mol. The first-order valence-electron chi connectivity index (χ1n) is 7.04. The van der Waals surface area contributed by atoms with Crippen LogP contribution in [0, 0.1) is 22.7 Å². The fourth-order valence-electron chi connectivity index (χ4n) is 2.32. The maximum Gasteiger partial charge on any atom is 0.143 e. The summed E-state index contributed by atoms with van der Waals surface area (Å²) in [6, 6.07) is 12.0. The van der Waals surface area contributed by atoms with Crippen molar-refractivity contribution >= 4 is 26.3 Å². The number of hydrogen-bond donors (Lipinski definition) is 2. The van der Waals surface area contributed by atoms with E-state index in [4.69, 9.17) is 5.73 Å². The maximum atomic E-state index is 9.35. The molecular formula is C16H15BN4S. The zero-order chi connectivity index (χ0) is 16.1. The van der Waals surface area contributed by atoms with E-state index in [1.807, 2.05) is 30.3 Å². The number of nitrogens with two attached hydrogens (primary N) is 1. The summed E-state index contributed by atoms with van der Waals surface area (Å²) >= 11 is 4.20. The number of aryl methyl sites for hydroxylation is 1. The standard InChI is InChI=1S/C16H15BN4S/c17-7-1-2-10-3-5-11(6-4-10)14-12(8-18)15(20)21-16(22)13(14)9-19/h3-6H,1-2,7,17H2,(H3,20,21,22). The molecular weight excluding hydrogens is 291 g/mol. The summed E-state index contributed by atoms with van der Waals surface area (Å²) in [7, 11) is 2.15. The van der Waals surface area contributed by atoms with Crippen molar-refractivity contribution in [3.8, 4) is 23.3 Å². The smallest absolute Gasteiger partial charge is 0.143 e. The summed E-state index contributed by atoms with van der Waals surface area (Å²) < 4.78 is 0. The van der Waals surface area contributed by atoms with E-state index in [1.165, 1.54) is 5.56 Å². The molecule has 1 aromatic carbocycles. The van der Waals surface area contributed by atoms with E-state index < -0.39 is 0 Å². The highest BCUT2D eigenvalue weighted by Gasteiger charge is 2.18. The second-order valence-corrected chi connectivity index (χ2v) is 5.39. The molecule has 4 nitrogen and oxygen atoms in total. The van der Waals surface area contributed by atoms with Crippen LogP contribution in [0.4, 0.5) is 5.82 Å². The monoisotopic (exact) mass is 306 g/mol. The van der Waals surface area contributed by atoms with Gasteiger partial charge in [-0.05, 0) is 17.5 Å². The third kappa shape index (κ3) is 3.08. The minimum absolute atomic E-state index is 0.0940. The van der Waals surface area contributed by atoms with E-state index in [0.717, 1.165) is 24.7 Å². The Morgan fingerprint density at radius 1 is 1.14 bits per heavy atom. The Kier molecular flexibility index (Phi) is 5.09. The van der Waals surface area contributed by atoms with Gasteiger partial charge in [0.05, 0.1) is 5.56 Å². The number of pyridine rings is 1. The molecule has 0 atom stereocenters. The number of benzene rings is 1. The quantitative estimate of drug-likeness (QED) is 0.670. The van der Waals surface area contributed by atoms with E-state index in [0.29, 0.717) is 5.56 Å². The molecule has 0 saturated heterocycles. The summed E-state index contributed by atoms with van der Waals surface area (Å²) in [6.45, 7) is 0. The van der Waals surface area contributed by atoms with Crippen LogP contribution in [0.5, 0.6) is 0 Å². The molecule has 108 valence electrons. The minimum atomic E-state index is 0.0940. The van der Waals surface area contributed by atoms with Crippen molar-refractivity contribution in [3.63, 3.8) is 0 Å². The number of hydrogen-bond acceptors (Lipinski definition) is 5. The van der Waals surface area contributed by atoms with Crippen LogP contribution in [0.1, 0.15) is 23.1 Å². The van der Waals surface area contributed by atoms with Gasteiger partial charge in [-0.1, -0.05) is 37.0 Å². The Hall–Kier alpha value is -2.44. The van der Waals surface area contributed by atoms with Gasteiger partial charge in [0.15, 0.2) is 0 Å². The second-order valence-electron chi connectivity index (χ2n) is 4.97. The summed E-state index contributed by atoms with van der Waals surface area (Å²) in [4.78, 5) is 3.96. The van der Waals surface area contributed by atoms with Crippen LogP contribution in [0.25, 0.3) is 11.1 Å². The zero-order valence-electron chi connectivity index (χ0n) is 12.3. The summed E-state index contributed by atoms with van der Waals surface area (Å²) in [5.41, 5.74) is 8.80. The molecule has 0 amide bonds. The topological polar surface area (TPSA) is 86.5 Å². The third-order valence-electron chi connectivity index (χ3n) is 3.49. The highest BCUT2D eigenvalue weighted by Crippen LogP contribution is 2.33. The van der Waals surface area contributed by atoms with Crippen LogP contribution < -0.4 is 5.73 Å². The summed E-state index contributed by atoms with van der Waals surface area (Å²) in [5, 5.41) is 18.9. The number of nitrogen functional groups attached to an aromatic ring is 1.